The number of benzene rings is 1. The zero-order valence-electron chi connectivity index (χ0n) is 14.3. The lowest BCUT2D eigenvalue weighted by Crippen LogP contribution is -2.43. The molecule has 0 spiro atoms. The number of sulfonamides is 1. The number of rotatable bonds is 6. The summed E-state index contributed by atoms with van der Waals surface area (Å²) in [7, 11) is -1.55. The molecule has 1 N–H and O–H groups in total. The maximum atomic E-state index is 11.3. The van der Waals surface area contributed by atoms with E-state index < -0.39 is 10.0 Å². The smallest absolute Gasteiger partial charge is 0.241 e. The summed E-state index contributed by atoms with van der Waals surface area (Å²) < 4.78 is 35.9. The molecule has 1 aliphatic rings. The van der Waals surface area contributed by atoms with Gasteiger partial charge in [0.1, 0.15) is 5.75 Å². The minimum Gasteiger partial charge on any atom is -0.496 e. The quantitative estimate of drug-likeness (QED) is 0.822. The number of aromatic nitrogens is 2. The molecule has 136 valence electrons. The molecule has 1 fully saturated rings. The number of hydrogen-bond acceptors (Lipinski definition) is 7. The van der Waals surface area contributed by atoms with Gasteiger partial charge in [0.15, 0.2) is 0 Å². The first kappa shape index (κ1) is 17.8. The van der Waals surface area contributed by atoms with Crippen LogP contribution in [-0.4, -0.2) is 56.0 Å². The highest BCUT2D eigenvalue weighted by molar-refractivity contribution is 7.88. The molecule has 1 saturated heterocycles. The SMILES string of the molecule is COc1ccccc1-c1noc(CN2CCC(NS(C)(=O)=O)CC2)n1. The van der Waals surface area contributed by atoms with Crippen molar-refractivity contribution in [3.63, 3.8) is 0 Å². The van der Waals surface area contributed by atoms with E-state index in [2.05, 4.69) is 19.8 Å². The molecule has 2 aromatic rings. The number of nitrogens with zero attached hydrogens (tertiary/aromatic N) is 3. The van der Waals surface area contributed by atoms with Crippen LogP contribution in [-0.2, 0) is 16.6 Å². The Hall–Kier alpha value is -1.97. The van der Waals surface area contributed by atoms with Gasteiger partial charge in [-0.05, 0) is 25.0 Å². The fourth-order valence-electron chi connectivity index (χ4n) is 2.96. The average Bonchev–Trinajstić information content (AvgIpc) is 3.03. The van der Waals surface area contributed by atoms with Gasteiger partial charge < -0.3 is 9.26 Å². The van der Waals surface area contributed by atoms with Crippen LogP contribution in [0.5, 0.6) is 5.75 Å². The van der Waals surface area contributed by atoms with Crippen LogP contribution in [0.2, 0.25) is 0 Å². The first-order valence-corrected chi connectivity index (χ1v) is 9.99. The van der Waals surface area contributed by atoms with Crippen molar-refractivity contribution in [2.24, 2.45) is 0 Å². The van der Waals surface area contributed by atoms with E-state index in [0.717, 1.165) is 31.5 Å². The van der Waals surface area contributed by atoms with Crippen LogP contribution >= 0.6 is 0 Å². The molecule has 0 amide bonds. The second-order valence-electron chi connectivity index (χ2n) is 6.15. The minimum absolute atomic E-state index is 0.00178. The number of methoxy groups -OCH3 is 1. The second kappa shape index (κ2) is 7.51. The Kier molecular flexibility index (Phi) is 5.36. The Bertz CT molecular complexity index is 813. The lowest BCUT2D eigenvalue weighted by Gasteiger charge is -2.30. The molecule has 0 radical (unpaired) electrons. The van der Waals surface area contributed by atoms with Crippen LogP contribution < -0.4 is 9.46 Å². The molecule has 2 heterocycles. The van der Waals surface area contributed by atoms with Crippen molar-refractivity contribution >= 4 is 10.0 Å². The molecule has 1 aromatic heterocycles. The molecule has 0 bridgehead atoms. The van der Waals surface area contributed by atoms with Crippen LogP contribution in [0.4, 0.5) is 0 Å². The van der Waals surface area contributed by atoms with Crippen LogP contribution in [0.3, 0.4) is 0 Å². The minimum atomic E-state index is -3.16. The Balaban J connectivity index is 1.59. The lowest BCUT2D eigenvalue weighted by atomic mass is 10.1. The molecule has 1 aromatic carbocycles. The highest BCUT2D eigenvalue weighted by Crippen LogP contribution is 2.27. The van der Waals surface area contributed by atoms with Crippen molar-refractivity contribution in [1.29, 1.82) is 0 Å². The van der Waals surface area contributed by atoms with E-state index >= 15 is 0 Å². The van der Waals surface area contributed by atoms with Gasteiger partial charge in [0.2, 0.25) is 21.7 Å². The molecular weight excluding hydrogens is 344 g/mol. The Labute approximate surface area is 147 Å². The van der Waals surface area contributed by atoms with Crippen molar-refractivity contribution in [1.82, 2.24) is 19.8 Å². The van der Waals surface area contributed by atoms with Crippen LogP contribution in [0.25, 0.3) is 11.4 Å². The third-order valence-electron chi connectivity index (χ3n) is 4.14. The summed E-state index contributed by atoms with van der Waals surface area (Å²) in [5, 5.41) is 4.04. The highest BCUT2D eigenvalue weighted by Gasteiger charge is 2.23. The van der Waals surface area contributed by atoms with Crippen molar-refractivity contribution in [3.05, 3.63) is 30.2 Å². The van der Waals surface area contributed by atoms with Crippen LogP contribution in [0.1, 0.15) is 18.7 Å². The normalized spacial score (nSPS) is 16.9. The summed E-state index contributed by atoms with van der Waals surface area (Å²) in [6.07, 6.45) is 2.72. The number of hydrogen-bond donors (Lipinski definition) is 1. The zero-order valence-corrected chi connectivity index (χ0v) is 15.1. The van der Waals surface area contributed by atoms with Crippen LogP contribution in [0.15, 0.2) is 28.8 Å². The maximum Gasteiger partial charge on any atom is 0.241 e. The first-order valence-electron chi connectivity index (χ1n) is 8.10. The summed E-state index contributed by atoms with van der Waals surface area (Å²) in [6, 6.07) is 7.52. The van der Waals surface area contributed by atoms with Crippen molar-refractivity contribution < 1.29 is 17.7 Å². The zero-order chi connectivity index (χ0) is 17.9. The van der Waals surface area contributed by atoms with Gasteiger partial charge in [-0.15, -0.1) is 0 Å². The Morgan fingerprint density at radius 3 is 2.72 bits per heavy atom. The number of nitrogens with one attached hydrogen (secondary N) is 1. The van der Waals surface area contributed by atoms with E-state index in [9.17, 15) is 8.42 Å². The second-order valence-corrected chi connectivity index (χ2v) is 7.93. The summed E-state index contributed by atoms with van der Waals surface area (Å²) in [6.45, 7) is 2.10. The number of para-hydroxylation sites is 1. The van der Waals surface area contributed by atoms with E-state index in [1.165, 1.54) is 6.26 Å². The van der Waals surface area contributed by atoms with Gasteiger partial charge in [-0.1, -0.05) is 17.3 Å². The van der Waals surface area contributed by atoms with Gasteiger partial charge in [0, 0.05) is 19.1 Å². The van der Waals surface area contributed by atoms with Gasteiger partial charge >= 0.3 is 0 Å². The first-order chi connectivity index (χ1) is 11.9. The third-order valence-corrected chi connectivity index (χ3v) is 4.90. The van der Waals surface area contributed by atoms with Gasteiger partial charge in [-0.2, -0.15) is 4.98 Å². The number of ether oxygens (including phenoxy) is 1. The topological polar surface area (TPSA) is 97.6 Å². The molecule has 3 rings (SSSR count). The Morgan fingerprint density at radius 1 is 1.32 bits per heavy atom. The molecule has 25 heavy (non-hydrogen) atoms. The molecule has 0 atom stereocenters. The summed E-state index contributed by atoms with van der Waals surface area (Å²) in [5.74, 6) is 1.74. The van der Waals surface area contributed by atoms with Crippen molar-refractivity contribution in [2.45, 2.75) is 25.4 Å². The van der Waals surface area contributed by atoms with E-state index in [0.29, 0.717) is 24.0 Å². The molecule has 9 heteroatoms. The molecular formula is C16H22N4O4S. The maximum absolute atomic E-state index is 11.3. The van der Waals surface area contributed by atoms with Gasteiger partial charge in [-0.25, -0.2) is 13.1 Å². The van der Waals surface area contributed by atoms with Crippen molar-refractivity contribution in [2.75, 3.05) is 26.5 Å². The molecule has 0 saturated carbocycles. The van der Waals surface area contributed by atoms with Gasteiger partial charge in [-0.3, -0.25) is 4.90 Å². The molecule has 0 unspecified atom stereocenters. The van der Waals surface area contributed by atoms with Crippen LogP contribution in [0, 0.1) is 0 Å². The van der Waals surface area contributed by atoms with Gasteiger partial charge in [0.25, 0.3) is 0 Å². The van der Waals surface area contributed by atoms with E-state index in [-0.39, 0.29) is 6.04 Å². The third kappa shape index (κ3) is 4.77. The predicted molar refractivity (Wildman–Crippen MR) is 92.6 cm³/mol. The summed E-state index contributed by atoms with van der Waals surface area (Å²) >= 11 is 0. The summed E-state index contributed by atoms with van der Waals surface area (Å²) in [5.41, 5.74) is 0.788. The fraction of sp³-hybridized carbons (Fsp3) is 0.500. The highest BCUT2D eigenvalue weighted by atomic mass is 32.2. The van der Waals surface area contributed by atoms with Gasteiger partial charge in [0.05, 0.1) is 25.5 Å². The van der Waals surface area contributed by atoms with E-state index in [1.807, 2.05) is 24.3 Å². The molecule has 8 nitrogen and oxygen atoms in total. The van der Waals surface area contributed by atoms with E-state index in [4.69, 9.17) is 9.26 Å². The summed E-state index contributed by atoms with van der Waals surface area (Å²) in [4.78, 5) is 6.63. The lowest BCUT2D eigenvalue weighted by molar-refractivity contribution is 0.177. The molecule has 0 aliphatic carbocycles. The van der Waals surface area contributed by atoms with E-state index in [1.54, 1.807) is 7.11 Å². The standard InChI is InChI=1S/C16H22N4O4S/c1-23-14-6-4-3-5-13(14)16-17-15(24-18-16)11-20-9-7-12(8-10-20)19-25(2,21)22/h3-6,12,19H,7-11H2,1-2H3. The fourth-order valence-corrected chi connectivity index (χ4v) is 3.80. The number of piperidine rings is 1. The number of likely N-dealkylation sites (tertiary alicyclic amines) is 1. The predicted octanol–water partition coefficient (Wildman–Crippen LogP) is 1.26. The molecule has 1 aliphatic heterocycles. The van der Waals surface area contributed by atoms with Crippen molar-refractivity contribution in [3.8, 4) is 17.1 Å². The monoisotopic (exact) mass is 366 g/mol. The largest absolute Gasteiger partial charge is 0.496 e. The average molecular weight is 366 g/mol. The Morgan fingerprint density at radius 2 is 2.04 bits per heavy atom.